The van der Waals surface area contributed by atoms with Gasteiger partial charge in [-0.2, -0.15) is 0 Å². The number of aromatic hydroxyl groups is 1. The molecule has 1 amide bonds. The molecule has 18 heavy (non-hydrogen) atoms. The highest BCUT2D eigenvalue weighted by atomic mass is 16.3. The number of β-amino-alcohol motifs (C(OH)–C–C–N with tert-alkyl or cyclic N) is 1. The van der Waals surface area contributed by atoms with Gasteiger partial charge in [0.05, 0.1) is 6.61 Å². The monoisotopic (exact) mass is 250 g/mol. The quantitative estimate of drug-likeness (QED) is 0.801. The SMILES string of the molecule is O=C(c1cccc(O)c1)N1CCN(CCO)CC1. The molecule has 1 aliphatic rings. The Balaban J connectivity index is 1.95. The zero-order valence-electron chi connectivity index (χ0n) is 10.2. The van der Waals surface area contributed by atoms with Crippen molar-refractivity contribution in [3.63, 3.8) is 0 Å². The van der Waals surface area contributed by atoms with Gasteiger partial charge in [0.1, 0.15) is 5.75 Å². The van der Waals surface area contributed by atoms with Crippen LogP contribution < -0.4 is 0 Å². The Morgan fingerprint density at radius 1 is 1.22 bits per heavy atom. The van der Waals surface area contributed by atoms with Crippen LogP contribution in [0.5, 0.6) is 5.75 Å². The average Bonchev–Trinajstić information content (AvgIpc) is 2.39. The van der Waals surface area contributed by atoms with Crippen LogP contribution in [0.3, 0.4) is 0 Å². The number of carbonyl (C=O) groups is 1. The number of benzene rings is 1. The number of aliphatic hydroxyl groups is 1. The molecule has 2 rings (SSSR count). The van der Waals surface area contributed by atoms with Crippen LogP contribution in [0, 0.1) is 0 Å². The Bertz CT molecular complexity index is 414. The second-order valence-electron chi connectivity index (χ2n) is 4.41. The van der Waals surface area contributed by atoms with E-state index in [0.717, 1.165) is 13.1 Å². The molecule has 1 saturated heterocycles. The molecular weight excluding hydrogens is 232 g/mol. The van der Waals surface area contributed by atoms with Crippen LogP contribution >= 0.6 is 0 Å². The molecule has 1 aliphatic heterocycles. The summed E-state index contributed by atoms with van der Waals surface area (Å²) in [4.78, 5) is 16.1. The standard InChI is InChI=1S/C13H18N2O3/c16-9-8-14-4-6-15(7-5-14)13(18)11-2-1-3-12(17)10-11/h1-3,10,16-17H,4-9H2. The van der Waals surface area contributed by atoms with Crippen LogP contribution in [0.2, 0.25) is 0 Å². The van der Waals surface area contributed by atoms with Crippen molar-refractivity contribution in [2.75, 3.05) is 39.3 Å². The molecule has 0 saturated carbocycles. The smallest absolute Gasteiger partial charge is 0.254 e. The number of piperazine rings is 1. The molecule has 1 fully saturated rings. The minimum absolute atomic E-state index is 0.0467. The summed E-state index contributed by atoms with van der Waals surface area (Å²) in [7, 11) is 0. The van der Waals surface area contributed by atoms with E-state index in [4.69, 9.17) is 5.11 Å². The van der Waals surface area contributed by atoms with Crippen molar-refractivity contribution >= 4 is 5.91 Å². The van der Waals surface area contributed by atoms with Gasteiger partial charge in [0.25, 0.3) is 5.91 Å². The highest BCUT2D eigenvalue weighted by Crippen LogP contribution is 2.14. The van der Waals surface area contributed by atoms with Crippen molar-refractivity contribution in [2.24, 2.45) is 0 Å². The van der Waals surface area contributed by atoms with Gasteiger partial charge >= 0.3 is 0 Å². The van der Waals surface area contributed by atoms with E-state index in [1.807, 2.05) is 0 Å². The first-order valence-corrected chi connectivity index (χ1v) is 6.12. The van der Waals surface area contributed by atoms with Gasteiger partial charge in [-0.25, -0.2) is 0 Å². The van der Waals surface area contributed by atoms with Crippen molar-refractivity contribution in [1.29, 1.82) is 0 Å². The van der Waals surface area contributed by atoms with E-state index < -0.39 is 0 Å². The van der Waals surface area contributed by atoms with Crippen LogP contribution in [0.15, 0.2) is 24.3 Å². The molecule has 1 aromatic rings. The average molecular weight is 250 g/mol. The van der Waals surface area contributed by atoms with Crippen LogP contribution in [0.25, 0.3) is 0 Å². The highest BCUT2D eigenvalue weighted by Gasteiger charge is 2.21. The number of aliphatic hydroxyl groups excluding tert-OH is 1. The van der Waals surface area contributed by atoms with Crippen LogP contribution in [-0.4, -0.2) is 65.3 Å². The number of phenols is 1. The lowest BCUT2D eigenvalue weighted by Crippen LogP contribution is -2.49. The molecule has 0 bridgehead atoms. The van der Waals surface area contributed by atoms with Gasteiger partial charge in [0.15, 0.2) is 0 Å². The fourth-order valence-electron chi connectivity index (χ4n) is 2.14. The normalized spacial score (nSPS) is 16.8. The van der Waals surface area contributed by atoms with Crippen molar-refractivity contribution in [3.05, 3.63) is 29.8 Å². The number of phenolic OH excluding ortho intramolecular Hbond substituents is 1. The number of hydrogen-bond acceptors (Lipinski definition) is 4. The molecule has 2 N–H and O–H groups in total. The van der Waals surface area contributed by atoms with E-state index >= 15 is 0 Å². The van der Waals surface area contributed by atoms with E-state index in [9.17, 15) is 9.90 Å². The zero-order chi connectivity index (χ0) is 13.0. The third-order valence-corrected chi connectivity index (χ3v) is 3.17. The van der Waals surface area contributed by atoms with Gasteiger partial charge in [-0.3, -0.25) is 9.69 Å². The van der Waals surface area contributed by atoms with Crippen molar-refractivity contribution in [2.45, 2.75) is 0 Å². The number of nitrogens with zero attached hydrogens (tertiary/aromatic N) is 2. The number of carbonyl (C=O) groups excluding carboxylic acids is 1. The Morgan fingerprint density at radius 3 is 2.56 bits per heavy atom. The summed E-state index contributed by atoms with van der Waals surface area (Å²) in [5, 5.41) is 18.2. The van der Waals surface area contributed by atoms with Gasteiger partial charge < -0.3 is 15.1 Å². The molecule has 1 aromatic carbocycles. The first kappa shape index (κ1) is 12.9. The van der Waals surface area contributed by atoms with E-state index in [1.165, 1.54) is 6.07 Å². The highest BCUT2D eigenvalue weighted by molar-refractivity contribution is 5.94. The fraction of sp³-hybridized carbons (Fsp3) is 0.462. The summed E-state index contributed by atoms with van der Waals surface area (Å²) in [5.41, 5.74) is 0.519. The van der Waals surface area contributed by atoms with Gasteiger partial charge in [-0.1, -0.05) is 6.07 Å². The third kappa shape index (κ3) is 3.00. The lowest BCUT2D eigenvalue weighted by Gasteiger charge is -2.34. The van der Waals surface area contributed by atoms with Gasteiger partial charge in [0.2, 0.25) is 0 Å². The summed E-state index contributed by atoms with van der Waals surface area (Å²) >= 11 is 0. The first-order chi connectivity index (χ1) is 8.70. The van der Waals surface area contributed by atoms with Crippen molar-refractivity contribution in [3.8, 4) is 5.75 Å². The van der Waals surface area contributed by atoms with E-state index in [-0.39, 0.29) is 18.3 Å². The first-order valence-electron chi connectivity index (χ1n) is 6.12. The van der Waals surface area contributed by atoms with Crippen LogP contribution in [0.1, 0.15) is 10.4 Å². The van der Waals surface area contributed by atoms with Crippen molar-refractivity contribution < 1.29 is 15.0 Å². The minimum atomic E-state index is -0.0467. The molecule has 0 aromatic heterocycles. The summed E-state index contributed by atoms with van der Waals surface area (Å²) in [6, 6.07) is 6.42. The third-order valence-electron chi connectivity index (χ3n) is 3.17. The summed E-state index contributed by atoms with van der Waals surface area (Å²) in [6.07, 6.45) is 0. The molecule has 0 aliphatic carbocycles. The van der Waals surface area contributed by atoms with Gasteiger partial charge in [-0.05, 0) is 18.2 Å². The maximum Gasteiger partial charge on any atom is 0.254 e. The van der Waals surface area contributed by atoms with E-state index in [2.05, 4.69) is 4.90 Å². The van der Waals surface area contributed by atoms with Crippen LogP contribution in [0.4, 0.5) is 0 Å². The number of hydrogen-bond donors (Lipinski definition) is 2. The van der Waals surface area contributed by atoms with E-state index in [1.54, 1.807) is 23.1 Å². The Kier molecular flexibility index (Phi) is 4.17. The summed E-state index contributed by atoms with van der Waals surface area (Å²) < 4.78 is 0. The molecule has 1 heterocycles. The molecule has 0 atom stereocenters. The maximum atomic E-state index is 12.2. The lowest BCUT2D eigenvalue weighted by atomic mass is 10.1. The minimum Gasteiger partial charge on any atom is -0.508 e. The second kappa shape index (κ2) is 5.84. The maximum absolute atomic E-state index is 12.2. The zero-order valence-corrected chi connectivity index (χ0v) is 10.2. The Labute approximate surface area is 106 Å². The molecule has 0 spiro atoms. The molecule has 5 nitrogen and oxygen atoms in total. The molecule has 0 unspecified atom stereocenters. The summed E-state index contributed by atoms with van der Waals surface area (Å²) in [5.74, 6) is 0.0642. The fourth-order valence-corrected chi connectivity index (χ4v) is 2.14. The van der Waals surface area contributed by atoms with Crippen molar-refractivity contribution in [1.82, 2.24) is 9.80 Å². The second-order valence-corrected chi connectivity index (χ2v) is 4.41. The number of amides is 1. The molecule has 98 valence electrons. The molecular formula is C13H18N2O3. The largest absolute Gasteiger partial charge is 0.508 e. The predicted molar refractivity (Wildman–Crippen MR) is 67.5 cm³/mol. The molecule has 0 radical (unpaired) electrons. The Morgan fingerprint density at radius 2 is 1.94 bits per heavy atom. The number of rotatable bonds is 3. The Hall–Kier alpha value is -1.59. The van der Waals surface area contributed by atoms with E-state index in [0.29, 0.717) is 25.2 Å². The molecule has 5 heteroatoms. The predicted octanol–water partition coefficient (Wildman–Crippen LogP) is 0.142. The lowest BCUT2D eigenvalue weighted by molar-refractivity contribution is 0.0614. The topological polar surface area (TPSA) is 64.0 Å². The van der Waals surface area contributed by atoms with Gasteiger partial charge in [-0.15, -0.1) is 0 Å². The van der Waals surface area contributed by atoms with Gasteiger partial charge in [0, 0.05) is 38.3 Å². The van der Waals surface area contributed by atoms with Crippen LogP contribution in [-0.2, 0) is 0 Å². The summed E-state index contributed by atoms with van der Waals surface area (Å²) in [6.45, 7) is 3.70.